The van der Waals surface area contributed by atoms with Crippen LogP contribution in [0.4, 0.5) is 17.6 Å². The molecule has 0 amide bonds. The molecule has 84 valence electrons. The van der Waals surface area contributed by atoms with Crippen molar-refractivity contribution in [3.8, 4) is 0 Å². The zero-order valence-corrected chi connectivity index (χ0v) is 7.68. The standard InChI is InChI=1S/C9H8F4O2/c1-15-8(14)6-3-2-5(4-7(6)10)9(11,12)13/h2-4,8,14H,1H3. The van der Waals surface area contributed by atoms with Gasteiger partial charge in [-0.15, -0.1) is 0 Å². The van der Waals surface area contributed by atoms with E-state index in [0.29, 0.717) is 12.1 Å². The molecule has 15 heavy (non-hydrogen) atoms. The number of alkyl halides is 3. The topological polar surface area (TPSA) is 29.5 Å². The molecule has 0 saturated carbocycles. The van der Waals surface area contributed by atoms with Crippen LogP contribution in [0.3, 0.4) is 0 Å². The van der Waals surface area contributed by atoms with Gasteiger partial charge in [-0.05, 0) is 12.1 Å². The van der Waals surface area contributed by atoms with Crippen molar-refractivity contribution in [3.63, 3.8) is 0 Å². The van der Waals surface area contributed by atoms with E-state index in [1.807, 2.05) is 0 Å². The van der Waals surface area contributed by atoms with E-state index in [9.17, 15) is 17.6 Å². The summed E-state index contributed by atoms with van der Waals surface area (Å²) in [6.07, 6.45) is -6.16. The lowest BCUT2D eigenvalue weighted by atomic mass is 10.1. The first-order valence-electron chi connectivity index (χ1n) is 3.93. The summed E-state index contributed by atoms with van der Waals surface area (Å²) in [5, 5.41) is 9.06. The molecule has 0 radical (unpaired) electrons. The van der Waals surface area contributed by atoms with Gasteiger partial charge in [-0.3, -0.25) is 0 Å². The second-order valence-corrected chi connectivity index (χ2v) is 2.82. The van der Waals surface area contributed by atoms with Gasteiger partial charge in [0.2, 0.25) is 0 Å². The fourth-order valence-corrected chi connectivity index (χ4v) is 1.03. The Bertz CT molecular complexity index is 348. The Balaban J connectivity index is 3.09. The third kappa shape index (κ3) is 2.66. The van der Waals surface area contributed by atoms with E-state index in [2.05, 4.69) is 4.74 Å². The van der Waals surface area contributed by atoms with E-state index in [4.69, 9.17) is 5.11 Å². The van der Waals surface area contributed by atoms with Gasteiger partial charge in [0.05, 0.1) is 5.56 Å². The number of halogens is 4. The molecule has 0 bridgehead atoms. The van der Waals surface area contributed by atoms with Crippen LogP contribution in [0, 0.1) is 5.82 Å². The zero-order chi connectivity index (χ0) is 11.6. The number of benzene rings is 1. The third-order valence-corrected chi connectivity index (χ3v) is 1.82. The molecule has 0 spiro atoms. The molecular formula is C9H8F4O2. The summed E-state index contributed by atoms with van der Waals surface area (Å²) >= 11 is 0. The van der Waals surface area contributed by atoms with E-state index in [0.717, 1.165) is 13.2 Å². The average molecular weight is 224 g/mol. The summed E-state index contributed by atoms with van der Waals surface area (Å²) in [5.41, 5.74) is -1.43. The van der Waals surface area contributed by atoms with Crippen molar-refractivity contribution in [2.24, 2.45) is 0 Å². The molecule has 1 aromatic rings. The Morgan fingerprint density at radius 2 is 1.93 bits per heavy atom. The summed E-state index contributed by atoms with van der Waals surface area (Å²) in [4.78, 5) is 0. The summed E-state index contributed by atoms with van der Waals surface area (Å²) in [6, 6.07) is 1.84. The van der Waals surface area contributed by atoms with Crippen molar-refractivity contribution in [2.75, 3.05) is 7.11 Å². The molecule has 1 rings (SSSR count). The minimum absolute atomic E-state index is 0.317. The van der Waals surface area contributed by atoms with Crippen LogP contribution in [0.25, 0.3) is 0 Å². The number of aliphatic hydroxyl groups excluding tert-OH is 1. The highest BCUT2D eigenvalue weighted by Crippen LogP contribution is 2.31. The maximum Gasteiger partial charge on any atom is 0.416 e. The Morgan fingerprint density at radius 3 is 2.33 bits per heavy atom. The number of rotatable bonds is 2. The van der Waals surface area contributed by atoms with Gasteiger partial charge in [-0.2, -0.15) is 13.2 Å². The predicted molar refractivity (Wildman–Crippen MR) is 43.4 cm³/mol. The van der Waals surface area contributed by atoms with Crippen LogP contribution in [-0.2, 0) is 10.9 Å². The Kier molecular flexibility index (Phi) is 3.31. The molecule has 0 aliphatic heterocycles. The van der Waals surface area contributed by atoms with Crippen LogP contribution < -0.4 is 0 Å². The van der Waals surface area contributed by atoms with Gasteiger partial charge in [-0.25, -0.2) is 4.39 Å². The maximum absolute atomic E-state index is 13.1. The first-order chi connectivity index (χ1) is 6.86. The number of hydrogen-bond donors (Lipinski definition) is 1. The molecule has 0 heterocycles. The van der Waals surface area contributed by atoms with Gasteiger partial charge in [0.25, 0.3) is 0 Å². The molecule has 1 unspecified atom stereocenters. The Hall–Kier alpha value is -1.14. The predicted octanol–water partition coefficient (Wildman–Crippen LogP) is 2.48. The lowest BCUT2D eigenvalue weighted by Gasteiger charge is -2.12. The van der Waals surface area contributed by atoms with E-state index in [1.54, 1.807) is 0 Å². The molecule has 1 N–H and O–H groups in total. The SMILES string of the molecule is COC(O)c1ccc(C(F)(F)F)cc1F. The van der Waals surface area contributed by atoms with Crippen LogP contribution in [0.2, 0.25) is 0 Å². The zero-order valence-electron chi connectivity index (χ0n) is 7.68. The van der Waals surface area contributed by atoms with Crippen molar-refractivity contribution < 1.29 is 27.4 Å². The number of aliphatic hydroxyl groups is 1. The summed E-state index contributed by atoms with van der Waals surface area (Å²) in [7, 11) is 1.11. The highest BCUT2D eigenvalue weighted by Gasteiger charge is 2.31. The molecule has 1 atom stereocenters. The quantitative estimate of drug-likeness (QED) is 0.617. The Labute approximate surface area is 83.1 Å². The van der Waals surface area contributed by atoms with Crippen LogP contribution in [0.1, 0.15) is 17.4 Å². The van der Waals surface area contributed by atoms with Gasteiger partial charge in [-0.1, -0.05) is 6.07 Å². The number of hydrogen-bond acceptors (Lipinski definition) is 2. The first kappa shape index (κ1) is 11.9. The van der Waals surface area contributed by atoms with Crippen molar-refractivity contribution in [2.45, 2.75) is 12.5 Å². The van der Waals surface area contributed by atoms with Crippen LogP contribution >= 0.6 is 0 Å². The minimum atomic E-state index is -4.60. The highest BCUT2D eigenvalue weighted by atomic mass is 19.4. The van der Waals surface area contributed by atoms with Crippen molar-refractivity contribution >= 4 is 0 Å². The number of methoxy groups -OCH3 is 1. The fraction of sp³-hybridized carbons (Fsp3) is 0.333. The normalized spacial score (nSPS) is 14.0. The van der Waals surface area contributed by atoms with E-state index < -0.39 is 23.8 Å². The molecule has 1 aromatic carbocycles. The first-order valence-corrected chi connectivity index (χ1v) is 3.93. The van der Waals surface area contributed by atoms with Crippen LogP contribution in [0.15, 0.2) is 18.2 Å². The highest BCUT2D eigenvalue weighted by molar-refractivity contribution is 5.27. The van der Waals surface area contributed by atoms with E-state index in [1.165, 1.54) is 0 Å². The van der Waals surface area contributed by atoms with Crippen molar-refractivity contribution in [1.82, 2.24) is 0 Å². The second kappa shape index (κ2) is 4.16. The van der Waals surface area contributed by atoms with Crippen molar-refractivity contribution in [1.29, 1.82) is 0 Å². The lowest BCUT2D eigenvalue weighted by molar-refractivity contribution is -0.138. The van der Waals surface area contributed by atoms with E-state index in [-0.39, 0.29) is 5.56 Å². The summed E-state index contributed by atoms with van der Waals surface area (Å²) in [5.74, 6) is -1.15. The largest absolute Gasteiger partial charge is 0.416 e. The summed E-state index contributed by atoms with van der Waals surface area (Å²) < 4.78 is 53.8. The molecule has 0 aliphatic rings. The van der Waals surface area contributed by atoms with Gasteiger partial charge in [0.15, 0.2) is 6.29 Å². The van der Waals surface area contributed by atoms with Gasteiger partial charge in [0, 0.05) is 12.7 Å². The van der Waals surface area contributed by atoms with Crippen LogP contribution in [-0.4, -0.2) is 12.2 Å². The van der Waals surface area contributed by atoms with Gasteiger partial charge >= 0.3 is 6.18 Å². The monoisotopic (exact) mass is 224 g/mol. The smallest absolute Gasteiger partial charge is 0.364 e. The number of ether oxygens (including phenoxy) is 1. The Morgan fingerprint density at radius 1 is 1.33 bits per heavy atom. The molecule has 0 aliphatic carbocycles. The van der Waals surface area contributed by atoms with Crippen LogP contribution in [0.5, 0.6) is 0 Å². The average Bonchev–Trinajstić information content (AvgIpc) is 2.15. The summed E-state index contributed by atoms with van der Waals surface area (Å²) in [6.45, 7) is 0. The van der Waals surface area contributed by atoms with E-state index >= 15 is 0 Å². The third-order valence-electron chi connectivity index (χ3n) is 1.82. The second-order valence-electron chi connectivity index (χ2n) is 2.82. The van der Waals surface area contributed by atoms with Gasteiger partial charge < -0.3 is 9.84 Å². The molecule has 0 saturated heterocycles. The molecule has 6 heteroatoms. The minimum Gasteiger partial charge on any atom is -0.364 e. The lowest BCUT2D eigenvalue weighted by Crippen LogP contribution is -2.08. The maximum atomic E-state index is 13.1. The molecular weight excluding hydrogens is 216 g/mol. The molecule has 2 nitrogen and oxygen atoms in total. The van der Waals surface area contributed by atoms with Crippen molar-refractivity contribution in [3.05, 3.63) is 35.1 Å². The fourth-order valence-electron chi connectivity index (χ4n) is 1.03. The molecule has 0 aromatic heterocycles. The molecule has 0 fully saturated rings. The van der Waals surface area contributed by atoms with Gasteiger partial charge in [0.1, 0.15) is 5.82 Å².